The van der Waals surface area contributed by atoms with Gasteiger partial charge in [0.05, 0.1) is 73.2 Å². The van der Waals surface area contributed by atoms with E-state index < -0.39 is 18.1 Å². The third kappa shape index (κ3) is 14.5. The van der Waals surface area contributed by atoms with E-state index in [1.165, 1.54) is 0 Å². The number of nitrogens with one attached hydrogen (secondary N) is 6. The van der Waals surface area contributed by atoms with Crippen LogP contribution in [0.2, 0.25) is 0 Å². The van der Waals surface area contributed by atoms with Crippen LogP contribution in [0.25, 0.3) is 0 Å². The Kier molecular flexibility index (Phi) is 19.5. The molecule has 0 aliphatic carbocycles. The van der Waals surface area contributed by atoms with Gasteiger partial charge in [-0.3, -0.25) is 14.4 Å². The first-order chi connectivity index (χ1) is 31.6. The number of rotatable bonds is 21. The predicted molar refractivity (Wildman–Crippen MR) is 256 cm³/mol. The van der Waals surface area contributed by atoms with Gasteiger partial charge in [-0.25, -0.2) is 14.4 Å². The highest BCUT2D eigenvalue weighted by atomic mass is 16.5. The van der Waals surface area contributed by atoms with Crippen molar-refractivity contribution in [3.63, 3.8) is 0 Å². The number of esters is 3. The van der Waals surface area contributed by atoms with Crippen molar-refractivity contribution in [3.8, 4) is 0 Å². The molecule has 0 aliphatic rings. The molecule has 0 bridgehead atoms. The zero-order valence-electron chi connectivity index (χ0n) is 38.6. The molecule has 18 nitrogen and oxygen atoms in total. The van der Waals surface area contributed by atoms with Crippen LogP contribution < -0.4 is 49.1 Å². The molecule has 66 heavy (non-hydrogen) atoms. The van der Waals surface area contributed by atoms with Crippen LogP contribution in [0.15, 0.2) is 54.6 Å². The highest BCUT2D eigenvalue weighted by Crippen LogP contribution is 2.32. The fourth-order valence-corrected chi connectivity index (χ4v) is 7.66. The molecule has 4 aromatic carbocycles. The molecule has 0 fully saturated rings. The summed E-state index contributed by atoms with van der Waals surface area (Å²) >= 11 is 0. The van der Waals surface area contributed by atoms with E-state index in [9.17, 15) is 28.8 Å². The summed E-state index contributed by atoms with van der Waals surface area (Å²) in [5.74, 6) is -1.17. The first kappa shape index (κ1) is 51.1. The Balaban J connectivity index is 1.62. The first-order valence-electron chi connectivity index (χ1n) is 22.1. The van der Waals surface area contributed by atoms with Crippen LogP contribution in [0.1, 0.15) is 91.6 Å². The molecule has 0 heterocycles. The quantitative estimate of drug-likeness (QED) is 0.0249. The molecule has 0 saturated carbocycles. The van der Waals surface area contributed by atoms with Gasteiger partial charge in [0.2, 0.25) is 0 Å². The van der Waals surface area contributed by atoms with Crippen LogP contribution in [-0.4, -0.2) is 55.8 Å². The van der Waals surface area contributed by atoms with Crippen molar-refractivity contribution >= 4 is 70.1 Å². The van der Waals surface area contributed by atoms with E-state index in [-0.39, 0.29) is 93.7 Å². The van der Waals surface area contributed by atoms with Crippen molar-refractivity contribution in [2.45, 2.75) is 99.7 Å². The maximum atomic E-state index is 13.5. The third-order valence-corrected chi connectivity index (χ3v) is 10.6. The highest BCUT2D eigenvalue weighted by Gasteiger charge is 2.23. The first-order valence-corrected chi connectivity index (χ1v) is 22.1. The van der Waals surface area contributed by atoms with Gasteiger partial charge in [-0.2, -0.15) is 0 Å². The van der Waals surface area contributed by atoms with E-state index in [0.717, 1.165) is 33.4 Å². The number of hydrogen-bond acceptors (Lipinski definition) is 12. The number of ether oxygens (including phenoxy) is 3. The van der Waals surface area contributed by atoms with Crippen LogP contribution in [0.3, 0.4) is 0 Å². The molecule has 4 aromatic rings. The number of benzene rings is 4. The van der Waals surface area contributed by atoms with Crippen LogP contribution in [0, 0.1) is 0 Å². The summed E-state index contributed by atoms with van der Waals surface area (Å²) in [5.41, 5.74) is 27.8. The lowest BCUT2D eigenvalue weighted by molar-refractivity contribution is -0.143. The molecule has 12 N–H and O–H groups in total. The zero-order chi connectivity index (χ0) is 48.3. The summed E-state index contributed by atoms with van der Waals surface area (Å²) in [6.45, 7) is 12.2. The van der Waals surface area contributed by atoms with E-state index in [1.807, 2.05) is 20.8 Å². The number of anilines is 6. The zero-order valence-corrected chi connectivity index (χ0v) is 38.6. The second-order valence-corrected chi connectivity index (χ2v) is 15.1. The van der Waals surface area contributed by atoms with Crippen molar-refractivity contribution < 1.29 is 43.0 Å². The molecule has 0 saturated heterocycles. The van der Waals surface area contributed by atoms with Gasteiger partial charge in [-0.05, 0) is 127 Å². The molecule has 18 heteroatoms. The maximum Gasteiger partial charge on any atom is 0.319 e. The van der Waals surface area contributed by atoms with Crippen molar-refractivity contribution in [1.29, 1.82) is 0 Å². The molecule has 4 rings (SSSR count). The predicted octanol–water partition coefficient (Wildman–Crippen LogP) is 6.40. The van der Waals surface area contributed by atoms with Crippen molar-refractivity contribution in [1.82, 2.24) is 16.0 Å². The summed E-state index contributed by atoms with van der Waals surface area (Å²) in [7, 11) is 0. The average molecular weight is 910 g/mol. The topological polar surface area (TPSA) is 280 Å². The molecular formula is C48H63N9O9. The second-order valence-electron chi connectivity index (χ2n) is 15.1. The maximum absolute atomic E-state index is 13.5. The van der Waals surface area contributed by atoms with Crippen molar-refractivity contribution in [3.05, 3.63) is 105 Å². The Morgan fingerprint density at radius 2 is 0.667 bits per heavy atom. The minimum atomic E-state index is -0.529. The van der Waals surface area contributed by atoms with Gasteiger partial charge in [0.15, 0.2) is 0 Å². The van der Waals surface area contributed by atoms with Gasteiger partial charge in [-0.1, -0.05) is 39.0 Å². The van der Waals surface area contributed by atoms with Crippen molar-refractivity contribution in [2.24, 2.45) is 0 Å². The second kappa shape index (κ2) is 25.1. The fraction of sp³-hybridized carbons (Fsp3) is 0.375. The summed E-state index contributed by atoms with van der Waals surface area (Å²) in [6.07, 6.45) is 1.74. The van der Waals surface area contributed by atoms with Gasteiger partial charge < -0.3 is 63.3 Å². The highest BCUT2D eigenvalue weighted by molar-refractivity contribution is 5.94. The molecule has 354 valence electrons. The Hall–Kier alpha value is -7.50. The van der Waals surface area contributed by atoms with Gasteiger partial charge in [0.25, 0.3) is 0 Å². The van der Waals surface area contributed by atoms with Crippen LogP contribution in [0.5, 0.6) is 0 Å². The van der Waals surface area contributed by atoms with E-state index in [0.29, 0.717) is 53.0 Å². The number of nitrogens with two attached hydrogens (primary N) is 3. The van der Waals surface area contributed by atoms with Gasteiger partial charge in [0, 0.05) is 19.6 Å². The Morgan fingerprint density at radius 3 is 0.879 bits per heavy atom. The summed E-state index contributed by atoms with van der Waals surface area (Å²) in [5, 5.41) is 17.3. The lowest BCUT2D eigenvalue weighted by Crippen LogP contribution is -2.33. The van der Waals surface area contributed by atoms with E-state index in [2.05, 4.69) is 31.9 Å². The third-order valence-electron chi connectivity index (χ3n) is 10.6. The molecule has 0 aliphatic heterocycles. The SMILES string of the molecule is CCOC(=O)Cc1ccc(NC(=O)NCc2c(CC)c(CNC(=O)Nc3ccc(CC(=O)OCC)cc3N)c(CC)c(CNC(=O)Nc3ccc(CC(=O)OCC)cc3N)c2CC)c(N)c1. The van der Waals surface area contributed by atoms with E-state index in [1.54, 1.807) is 75.4 Å². The largest absolute Gasteiger partial charge is 0.466 e. The molecule has 0 radical (unpaired) electrons. The standard InChI is InChI=1S/C48H63N9O9/c1-7-31-34(25-52-46(61)55-40-16-13-28(19-37(40)49)22-43(58)64-10-4)32(8-2)36(27-54-48(63)57-42-18-15-30(21-39(42)51)24-45(60)66-12-6)33(9-3)35(31)26-53-47(62)56-41-17-14-29(20-38(41)50)23-44(59)65-11-5/h13-21H,7-12,22-27,49-51H2,1-6H3,(H2,52,55,61)(H2,53,56,62)(H2,54,57,63). The smallest absolute Gasteiger partial charge is 0.319 e. The van der Waals surface area contributed by atoms with E-state index in [4.69, 9.17) is 31.4 Å². The van der Waals surface area contributed by atoms with Crippen LogP contribution >= 0.6 is 0 Å². The van der Waals surface area contributed by atoms with Crippen LogP contribution in [0.4, 0.5) is 48.5 Å². The Bertz CT molecular complexity index is 2120. The number of carbonyl (C=O) groups is 6. The number of amides is 6. The Labute approximate surface area is 385 Å². The number of urea groups is 3. The molecule has 0 unspecified atom stereocenters. The minimum absolute atomic E-state index is 0.0367. The number of carbonyl (C=O) groups excluding carboxylic acids is 6. The normalized spacial score (nSPS) is 10.6. The molecule has 6 amide bonds. The monoisotopic (exact) mass is 909 g/mol. The average Bonchev–Trinajstić information content (AvgIpc) is 3.26. The minimum Gasteiger partial charge on any atom is -0.466 e. The summed E-state index contributed by atoms with van der Waals surface area (Å²) in [4.78, 5) is 76.4. The van der Waals surface area contributed by atoms with Gasteiger partial charge in [0.1, 0.15) is 0 Å². The molecule has 0 aromatic heterocycles. The fourth-order valence-electron chi connectivity index (χ4n) is 7.66. The van der Waals surface area contributed by atoms with Crippen LogP contribution in [-0.2, 0) is 86.8 Å². The lowest BCUT2D eigenvalue weighted by atomic mass is 9.83. The number of nitrogen functional groups attached to an aromatic ring is 3. The molecule has 0 atom stereocenters. The van der Waals surface area contributed by atoms with Gasteiger partial charge >= 0.3 is 36.0 Å². The van der Waals surface area contributed by atoms with Gasteiger partial charge in [-0.15, -0.1) is 0 Å². The number of hydrogen-bond donors (Lipinski definition) is 9. The molecular weight excluding hydrogens is 847 g/mol. The lowest BCUT2D eigenvalue weighted by Gasteiger charge is -2.27. The van der Waals surface area contributed by atoms with Crippen molar-refractivity contribution in [2.75, 3.05) is 53.0 Å². The molecule has 0 spiro atoms. The Morgan fingerprint density at radius 1 is 0.409 bits per heavy atom. The summed E-state index contributed by atoms with van der Waals surface area (Å²) < 4.78 is 15.1. The van der Waals surface area contributed by atoms with E-state index >= 15 is 0 Å². The summed E-state index contributed by atoms with van der Waals surface area (Å²) in [6, 6.07) is 13.2.